The van der Waals surface area contributed by atoms with E-state index in [0.29, 0.717) is 30.4 Å². The molecule has 1 aromatic heterocycles. The highest BCUT2D eigenvalue weighted by Gasteiger charge is 2.34. The van der Waals surface area contributed by atoms with Crippen LogP contribution in [0.15, 0.2) is 47.4 Å². The second kappa shape index (κ2) is 7.05. The molecule has 0 aliphatic heterocycles. The number of nitrogens with zero attached hydrogens (tertiary/aromatic N) is 1. The van der Waals surface area contributed by atoms with Crippen molar-refractivity contribution >= 4 is 11.7 Å². The summed E-state index contributed by atoms with van der Waals surface area (Å²) in [7, 11) is 1.48. The molecule has 0 saturated heterocycles. The molecule has 0 bridgehead atoms. The molecule has 130 valence electrons. The standard InChI is InChI=1S/C20H22N2O3/c1-13-8-15(13)10-18(23)16-9-17(19(24)21-2)20(25)22(12-16)11-14-6-4-3-5-7-14/h3-7,9,12-13,15H,8,10-11H2,1-2H3,(H,21,24)/t13-,15?/m1/s1. The number of rotatable bonds is 6. The minimum atomic E-state index is -0.471. The number of amides is 1. The topological polar surface area (TPSA) is 68.2 Å². The zero-order valence-electron chi connectivity index (χ0n) is 14.5. The fourth-order valence-electron chi connectivity index (χ4n) is 3.02. The number of benzene rings is 1. The van der Waals surface area contributed by atoms with Crippen LogP contribution in [0.5, 0.6) is 0 Å². The van der Waals surface area contributed by atoms with Gasteiger partial charge < -0.3 is 9.88 Å². The fraction of sp³-hybridized carbons (Fsp3) is 0.350. The van der Waals surface area contributed by atoms with Crippen molar-refractivity contribution in [3.63, 3.8) is 0 Å². The predicted octanol–water partition coefficient (Wildman–Crippen LogP) is 2.49. The summed E-state index contributed by atoms with van der Waals surface area (Å²) in [5.41, 5.74) is 0.980. The first-order valence-corrected chi connectivity index (χ1v) is 8.53. The van der Waals surface area contributed by atoms with Gasteiger partial charge >= 0.3 is 0 Å². The van der Waals surface area contributed by atoms with Crippen LogP contribution in [0.3, 0.4) is 0 Å². The van der Waals surface area contributed by atoms with Gasteiger partial charge in [-0.15, -0.1) is 0 Å². The Balaban J connectivity index is 1.97. The Morgan fingerprint density at radius 1 is 1.24 bits per heavy atom. The minimum absolute atomic E-state index is 0.00752. The number of pyridine rings is 1. The maximum Gasteiger partial charge on any atom is 0.263 e. The zero-order chi connectivity index (χ0) is 18.0. The predicted molar refractivity (Wildman–Crippen MR) is 95.9 cm³/mol. The molecule has 1 aromatic carbocycles. The lowest BCUT2D eigenvalue weighted by molar-refractivity contribution is 0.0961. The summed E-state index contributed by atoms with van der Waals surface area (Å²) in [5, 5.41) is 2.48. The van der Waals surface area contributed by atoms with E-state index in [1.807, 2.05) is 30.3 Å². The molecular weight excluding hydrogens is 316 g/mol. The molecule has 1 heterocycles. The van der Waals surface area contributed by atoms with E-state index < -0.39 is 5.91 Å². The average molecular weight is 338 g/mol. The molecular formula is C20H22N2O3. The van der Waals surface area contributed by atoms with Crippen molar-refractivity contribution in [2.45, 2.75) is 26.3 Å². The number of nitrogens with one attached hydrogen (secondary N) is 1. The molecule has 5 nitrogen and oxygen atoms in total. The normalized spacial score (nSPS) is 18.6. The SMILES string of the molecule is CNC(=O)c1cc(C(=O)CC2C[C@H]2C)cn(Cc2ccccc2)c1=O. The number of carbonyl (C=O) groups is 2. The summed E-state index contributed by atoms with van der Waals surface area (Å²) in [4.78, 5) is 37.3. The van der Waals surface area contributed by atoms with Crippen LogP contribution in [0, 0.1) is 11.8 Å². The Bertz CT molecular complexity index is 855. The van der Waals surface area contributed by atoms with Gasteiger partial charge in [0.1, 0.15) is 5.56 Å². The van der Waals surface area contributed by atoms with Crippen LogP contribution in [-0.4, -0.2) is 23.3 Å². The van der Waals surface area contributed by atoms with Crippen molar-refractivity contribution in [3.8, 4) is 0 Å². The van der Waals surface area contributed by atoms with Gasteiger partial charge in [0, 0.05) is 25.2 Å². The largest absolute Gasteiger partial charge is 0.355 e. The Morgan fingerprint density at radius 2 is 1.92 bits per heavy atom. The lowest BCUT2D eigenvalue weighted by Gasteiger charge is -2.11. The molecule has 1 unspecified atom stereocenters. The first-order chi connectivity index (χ1) is 12.0. The van der Waals surface area contributed by atoms with E-state index in [-0.39, 0.29) is 16.9 Å². The van der Waals surface area contributed by atoms with Crippen LogP contribution in [-0.2, 0) is 6.54 Å². The minimum Gasteiger partial charge on any atom is -0.355 e. The van der Waals surface area contributed by atoms with Crippen LogP contribution < -0.4 is 10.9 Å². The third kappa shape index (κ3) is 3.87. The highest BCUT2D eigenvalue weighted by Crippen LogP contribution is 2.41. The van der Waals surface area contributed by atoms with Gasteiger partial charge in [-0.05, 0) is 29.9 Å². The number of aromatic nitrogens is 1. The van der Waals surface area contributed by atoms with Gasteiger partial charge in [-0.2, -0.15) is 0 Å². The number of ketones is 1. The summed E-state index contributed by atoms with van der Waals surface area (Å²) in [6.07, 6.45) is 3.12. The van der Waals surface area contributed by atoms with Crippen molar-refractivity contribution in [2.24, 2.45) is 11.8 Å². The van der Waals surface area contributed by atoms with E-state index >= 15 is 0 Å². The van der Waals surface area contributed by atoms with Crippen LogP contribution in [0.1, 0.15) is 46.0 Å². The molecule has 2 atom stereocenters. The summed E-state index contributed by atoms with van der Waals surface area (Å²) in [6, 6.07) is 10.9. The number of Topliss-reactive ketones (excluding diaryl/α,β-unsaturated/α-hetero) is 1. The first-order valence-electron chi connectivity index (χ1n) is 8.53. The van der Waals surface area contributed by atoms with E-state index in [0.717, 1.165) is 12.0 Å². The van der Waals surface area contributed by atoms with Gasteiger partial charge in [0.2, 0.25) is 0 Å². The number of carbonyl (C=O) groups excluding carboxylic acids is 2. The Labute approximate surface area is 146 Å². The molecule has 25 heavy (non-hydrogen) atoms. The summed E-state index contributed by atoms with van der Waals surface area (Å²) in [6.45, 7) is 2.45. The van der Waals surface area contributed by atoms with Gasteiger partial charge in [0.25, 0.3) is 11.5 Å². The quantitative estimate of drug-likeness (QED) is 0.823. The third-order valence-corrected chi connectivity index (χ3v) is 4.80. The second-order valence-corrected chi connectivity index (χ2v) is 6.74. The number of hydrogen-bond donors (Lipinski definition) is 1. The summed E-state index contributed by atoms with van der Waals surface area (Å²) in [5.74, 6) is 0.519. The van der Waals surface area contributed by atoms with Gasteiger partial charge in [0.15, 0.2) is 5.78 Å². The Kier molecular flexibility index (Phi) is 4.83. The van der Waals surface area contributed by atoms with Gasteiger partial charge in [-0.25, -0.2) is 0 Å². The lowest BCUT2D eigenvalue weighted by atomic mass is 10.0. The Morgan fingerprint density at radius 3 is 2.52 bits per heavy atom. The maximum atomic E-state index is 12.6. The summed E-state index contributed by atoms with van der Waals surface area (Å²) >= 11 is 0. The van der Waals surface area contributed by atoms with Crippen LogP contribution in [0.2, 0.25) is 0 Å². The molecule has 2 aromatic rings. The van der Waals surface area contributed by atoms with E-state index in [9.17, 15) is 14.4 Å². The maximum absolute atomic E-state index is 12.6. The lowest BCUT2D eigenvalue weighted by Crippen LogP contribution is -2.32. The van der Waals surface area contributed by atoms with E-state index in [2.05, 4.69) is 12.2 Å². The number of hydrogen-bond acceptors (Lipinski definition) is 3. The molecule has 0 radical (unpaired) electrons. The molecule has 5 heteroatoms. The zero-order valence-corrected chi connectivity index (χ0v) is 14.5. The van der Waals surface area contributed by atoms with E-state index in [1.54, 1.807) is 6.20 Å². The molecule has 1 saturated carbocycles. The molecule has 1 aliphatic rings. The van der Waals surface area contributed by atoms with Crippen molar-refractivity contribution in [1.82, 2.24) is 9.88 Å². The second-order valence-electron chi connectivity index (χ2n) is 6.74. The molecule has 1 N–H and O–H groups in total. The van der Waals surface area contributed by atoms with E-state index in [4.69, 9.17) is 0 Å². The smallest absolute Gasteiger partial charge is 0.263 e. The van der Waals surface area contributed by atoms with Gasteiger partial charge in [-0.1, -0.05) is 37.3 Å². The molecule has 1 amide bonds. The van der Waals surface area contributed by atoms with Crippen molar-refractivity contribution < 1.29 is 9.59 Å². The van der Waals surface area contributed by atoms with Crippen molar-refractivity contribution in [3.05, 3.63) is 69.6 Å². The van der Waals surface area contributed by atoms with Crippen molar-refractivity contribution in [1.29, 1.82) is 0 Å². The summed E-state index contributed by atoms with van der Waals surface area (Å²) < 4.78 is 1.45. The van der Waals surface area contributed by atoms with Gasteiger partial charge in [-0.3, -0.25) is 14.4 Å². The third-order valence-electron chi connectivity index (χ3n) is 4.80. The average Bonchev–Trinajstić information content (AvgIpc) is 3.31. The van der Waals surface area contributed by atoms with E-state index in [1.165, 1.54) is 17.7 Å². The van der Waals surface area contributed by atoms with Gasteiger partial charge in [0.05, 0.1) is 6.54 Å². The molecule has 1 fully saturated rings. The van der Waals surface area contributed by atoms with Crippen LogP contribution >= 0.6 is 0 Å². The molecule has 3 rings (SSSR count). The monoisotopic (exact) mass is 338 g/mol. The highest BCUT2D eigenvalue weighted by molar-refractivity contribution is 6.00. The van der Waals surface area contributed by atoms with Crippen molar-refractivity contribution in [2.75, 3.05) is 7.05 Å². The van der Waals surface area contributed by atoms with Crippen LogP contribution in [0.25, 0.3) is 0 Å². The Hall–Kier alpha value is -2.69. The molecule has 1 aliphatic carbocycles. The highest BCUT2D eigenvalue weighted by atomic mass is 16.2. The first kappa shape index (κ1) is 17.1. The van der Waals surface area contributed by atoms with Crippen LogP contribution in [0.4, 0.5) is 0 Å². The molecule has 0 spiro atoms. The fourth-order valence-corrected chi connectivity index (χ4v) is 3.02.